The molecule has 0 fully saturated rings. The number of fused-ring (bicyclic) bond motifs is 1. The van der Waals surface area contributed by atoms with Crippen LogP contribution in [0.2, 0.25) is 0 Å². The number of rotatable bonds is 12. The summed E-state index contributed by atoms with van der Waals surface area (Å²) in [7, 11) is 0. The zero-order valence-corrected chi connectivity index (χ0v) is 17.7. The minimum Gasteiger partial charge on any atom is -0.491 e. The van der Waals surface area contributed by atoms with Crippen molar-refractivity contribution in [2.24, 2.45) is 0 Å². The molecule has 2 aromatic rings. The number of nitrogens with zero attached hydrogens (tertiary/aromatic N) is 1. The van der Waals surface area contributed by atoms with E-state index in [4.69, 9.17) is 9.47 Å². The summed E-state index contributed by atoms with van der Waals surface area (Å²) < 4.78 is 11.9. The van der Waals surface area contributed by atoms with Crippen LogP contribution in [0.25, 0.3) is 10.9 Å². The number of amides is 1. The van der Waals surface area contributed by atoms with E-state index < -0.39 is 5.60 Å². The quantitative estimate of drug-likeness (QED) is 0.473. The first-order valence-corrected chi connectivity index (χ1v) is 10.5. The Morgan fingerprint density at radius 2 is 1.86 bits per heavy atom. The standard InChI is InChI=1S/C23H34N2O3/c1-5-8-14-23(4,28-16-7-3)22(26)25-19-12-13-20(27-17-9-6-2)21-18(19)11-10-15-24-21/h10-13,15H,5-9,14,16-17H2,1-4H3,(H,25,26). The number of aromatic nitrogens is 1. The third-order valence-electron chi connectivity index (χ3n) is 4.85. The number of carbonyl (C=O) groups excluding carboxylic acids is 1. The monoisotopic (exact) mass is 386 g/mol. The van der Waals surface area contributed by atoms with Crippen LogP contribution in [0.3, 0.4) is 0 Å². The summed E-state index contributed by atoms with van der Waals surface area (Å²) in [6.07, 6.45) is 7.37. The number of benzene rings is 1. The van der Waals surface area contributed by atoms with Crippen LogP contribution in [-0.2, 0) is 9.53 Å². The molecular formula is C23H34N2O3. The lowest BCUT2D eigenvalue weighted by atomic mass is 9.97. The molecule has 1 aromatic carbocycles. The van der Waals surface area contributed by atoms with Crippen LogP contribution in [0.15, 0.2) is 30.5 Å². The molecular weight excluding hydrogens is 352 g/mol. The molecule has 5 heteroatoms. The molecule has 0 bridgehead atoms. The van der Waals surface area contributed by atoms with Crippen LogP contribution in [0, 0.1) is 0 Å². The van der Waals surface area contributed by atoms with Crippen molar-refractivity contribution in [1.82, 2.24) is 4.98 Å². The first-order valence-electron chi connectivity index (χ1n) is 10.5. The van der Waals surface area contributed by atoms with Gasteiger partial charge in [-0.3, -0.25) is 9.78 Å². The summed E-state index contributed by atoms with van der Waals surface area (Å²) in [5.41, 5.74) is 0.663. The Kier molecular flexibility index (Phi) is 8.71. The highest BCUT2D eigenvalue weighted by Gasteiger charge is 2.33. The van der Waals surface area contributed by atoms with Crippen molar-refractivity contribution in [2.75, 3.05) is 18.5 Å². The molecule has 0 spiro atoms. The molecule has 0 aliphatic rings. The van der Waals surface area contributed by atoms with Crippen molar-refractivity contribution in [1.29, 1.82) is 0 Å². The van der Waals surface area contributed by atoms with E-state index in [1.54, 1.807) is 6.20 Å². The number of unbranched alkanes of at least 4 members (excludes halogenated alkanes) is 2. The Labute approximate surface area is 168 Å². The van der Waals surface area contributed by atoms with Crippen LogP contribution in [0.5, 0.6) is 5.75 Å². The molecule has 1 heterocycles. The zero-order valence-electron chi connectivity index (χ0n) is 17.7. The highest BCUT2D eigenvalue weighted by Crippen LogP contribution is 2.31. The van der Waals surface area contributed by atoms with Crippen LogP contribution in [0.4, 0.5) is 5.69 Å². The van der Waals surface area contributed by atoms with E-state index in [1.807, 2.05) is 31.2 Å². The molecule has 1 aromatic heterocycles. The highest BCUT2D eigenvalue weighted by atomic mass is 16.5. The normalized spacial score (nSPS) is 13.3. The molecule has 0 saturated carbocycles. The summed E-state index contributed by atoms with van der Waals surface area (Å²) in [5.74, 6) is 0.636. The van der Waals surface area contributed by atoms with E-state index in [0.29, 0.717) is 19.6 Å². The number of ether oxygens (including phenoxy) is 2. The Morgan fingerprint density at radius 1 is 1.07 bits per heavy atom. The summed E-state index contributed by atoms with van der Waals surface area (Å²) in [4.78, 5) is 17.6. The molecule has 1 amide bonds. The van der Waals surface area contributed by atoms with Gasteiger partial charge < -0.3 is 14.8 Å². The maximum Gasteiger partial charge on any atom is 0.256 e. The van der Waals surface area contributed by atoms with Gasteiger partial charge in [-0.2, -0.15) is 0 Å². The molecule has 5 nitrogen and oxygen atoms in total. The molecule has 0 radical (unpaired) electrons. The topological polar surface area (TPSA) is 60.5 Å². The second-order valence-electron chi connectivity index (χ2n) is 7.35. The molecule has 154 valence electrons. The van der Waals surface area contributed by atoms with Crippen molar-refractivity contribution >= 4 is 22.5 Å². The van der Waals surface area contributed by atoms with Crippen molar-refractivity contribution in [3.8, 4) is 5.75 Å². The van der Waals surface area contributed by atoms with Gasteiger partial charge in [-0.25, -0.2) is 0 Å². The first-order chi connectivity index (χ1) is 13.6. The smallest absolute Gasteiger partial charge is 0.256 e. The molecule has 0 saturated heterocycles. The Balaban J connectivity index is 2.26. The van der Waals surface area contributed by atoms with E-state index in [-0.39, 0.29) is 5.91 Å². The SMILES string of the molecule is CCCCOc1ccc(NC(=O)C(C)(CCCC)OCCC)c2cccnc12. The summed E-state index contributed by atoms with van der Waals surface area (Å²) in [5, 5.41) is 3.95. The fourth-order valence-electron chi connectivity index (χ4n) is 3.05. The van der Waals surface area contributed by atoms with Crippen molar-refractivity contribution in [3.63, 3.8) is 0 Å². The average molecular weight is 387 g/mol. The lowest BCUT2D eigenvalue weighted by Gasteiger charge is -2.29. The second kappa shape index (κ2) is 11.0. The Bertz CT molecular complexity index is 753. The van der Waals surface area contributed by atoms with Crippen molar-refractivity contribution in [2.45, 2.75) is 71.8 Å². The van der Waals surface area contributed by atoms with Gasteiger partial charge in [0.1, 0.15) is 16.9 Å². The fraction of sp³-hybridized carbons (Fsp3) is 0.565. The number of hydrogen-bond donors (Lipinski definition) is 1. The van der Waals surface area contributed by atoms with Gasteiger partial charge in [-0.1, -0.05) is 40.0 Å². The molecule has 1 N–H and O–H groups in total. The number of anilines is 1. The molecule has 1 atom stereocenters. The minimum atomic E-state index is -0.836. The van der Waals surface area contributed by atoms with Gasteiger partial charge in [0, 0.05) is 18.2 Å². The number of nitrogens with one attached hydrogen (secondary N) is 1. The van der Waals surface area contributed by atoms with E-state index in [0.717, 1.165) is 54.4 Å². The Morgan fingerprint density at radius 3 is 2.57 bits per heavy atom. The molecule has 0 aliphatic heterocycles. The number of carbonyl (C=O) groups is 1. The molecule has 0 aliphatic carbocycles. The van der Waals surface area contributed by atoms with Gasteiger partial charge in [-0.05, 0) is 50.5 Å². The van der Waals surface area contributed by atoms with Crippen LogP contribution in [-0.4, -0.2) is 29.7 Å². The maximum atomic E-state index is 13.1. The molecule has 28 heavy (non-hydrogen) atoms. The lowest BCUT2D eigenvalue weighted by molar-refractivity contribution is -0.140. The van der Waals surface area contributed by atoms with E-state index >= 15 is 0 Å². The van der Waals surface area contributed by atoms with Gasteiger partial charge in [-0.15, -0.1) is 0 Å². The number of pyridine rings is 1. The van der Waals surface area contributed by atoms with E-state index in [1.165, 1.54) is 0 Å². The van der Waals surface area contributed by atoms with Crippen LogP contribution < -0.4 is 10.1 Å². The summed E-state index contributed by atoms with van der Waals surface area (Å²) >= 11 is 0. The minimum absolute atomic E-state index is 0.112. The summed E-state index contributed by atoms with van der Waals surface area (Å²) in [6.45, 7) is 9.42. The predicted octanol–water partition coefficient (Wildman–Crippen LogP) is 5.73. The lowest BCUT2D eigenvalue weighted by Crippen LogP contribution is -2.43. The zero-order chi connectivity index (χ0) is 20.4. The van der Waals surface area contributed by atoms with Crippen molar-refractivity contribution in [3.05, 3.63) is 30.5 Å². The van der Waals surface area contributed by atoms with Gasteiger partial charge in [0.15, 0.2) is 0 Å². The highest BCUT2D eigenvalue weighted by molar-refractivity contribution is 6.05. The van der Waals surface area contributed by atoms with Gasteiger partial charge >= 0.3 is 0 Å². The third kappa shape index (κ3) is 5.68. The molecule has 2 rings (SSSR count). The van der Waals surface area contributed by atoms with Crippen LogP contribution in [0.1, 0.15) is 66.2 Å². The largest absolute Gasteiger partial charge is 0.491 e. The van der Waals surface area contributed by atoms with E-state index in [2.05, 4.69) is 31.1 Å². The Hall–Kier alpha value is -2.14. The first kappa shape index (κ1) is 22.2. The van der Waals surface area contributed by atoms with E-state index in [9.17, 15) is 4.79 Å². The fourth-order valence-corrected chi connectivity index (χ4v) is 3.05. The second-order valence-corrected chi connectivity index (χ2v) is 7.35. The predicted molar refractivity (Wildman–Crippen MR) is 115 cm³/mol. The van der Waals surface area contributed by atoms with Crippen molar-refractivity contribution < 1.29 is 14.3 Å². The van der Waals surface area contributed by atoms with Gasteiger partial charge in [0.2, 0.25) is 0 Å². The third-order valence-corrected chi connectivity index (χ3v) is 4.85. The number of hydrogen-bond acceptors (Lipinski definition) is 4. The molecule has 1 unspecified atom stereocenters. The summed E-state index contributed by atoms with van der Waals surface area (Å²) in [6, 6.07) is 7.61. The van der Waals surface area contributed by atoms with Gasteiger partial charge in [0.25, 0.3) is 5.91 Å². The van der Waals surface area contributed by atoms with Gasteiger partial charge in [0.05, 0.1) is 12.3 Å². The maximum absolute atomic E-state index is 13.1. The average Bonchev–Trinajstić information content (AvgIpc) is 2.72. The van der Waals surface area contributed by atoms with Crippen LogP contribution >= 0.6 is 0 Å².